The molecule has 2 fully saturated rings. The van der Waals surface area contributed by atoms with E-state index in [9.17, 15) is 0 Å². The molecule has 1 aromatic rings. The van der Waals surface area contributed by atoms with E-state index in [-0.39, 0.29) is 0 Å². The molecule has 19 heavy (non-hydrogen) atoms. The molecule has 0 spiro atoms. The fourth-order valence-electron chi connectivity index (χ4n) is 2.88. The summed E-state index contributed by atoms with van der Waals surface area (Å²) in [7, 11) is 3.88. The summed E-state index contributed by atoms with van der Waals surface area (Å²) in [5, 5.41) is 3.51. The predicted octanol–water partition coefficient (Wildman–Crippen LogP) is 1.33. The van der Waals surface area contributed by atoms with Crippen LogP contribution in [0, 0.1) is 0 Å². The van der Waals surface area contributed by atoms with E-state index in [0.717, 1.165) is 25.5 Å². The zero-order valence-electron chi connectivity index (χ0n) is 11.7. The number of ether oxygens (including phenoxy) is 1. The van der Waals surface area contributed by atoms with Gasteiger partial charge in [0.1, 0.15) is 6.33 Å². The van der Waals surface area contributed by atoms with Gasteiger partial charge in [-0.15, -0.1) is 0 Å². The van der Waals surface area contributed by atoms with Crippen molar-refractivity contribution < 1.29 is 4.74 Å². The number of hydrogen-bond acceptors (Lipinski definition) is 5. The summed E-state index contributed by atoms with van der Waals surface area (Å²) >= 11 is 0. The molecule has 0 radical (unpaired) electrons. The number of rotatable bonds is 3. The molecule has 3 rings (SSSR count). The minimum absolute atomic E-state index is 0.314. The highest BCUT2D eigenvalue weighted by molar-refractivity contribution is 5.37. The monoisotopic (exact) mass is 262 g/mol. The highest BCUT2D eigenvalue weighted by atomic mass is 16.5. The van der Waals surface area contributed by atoms with Gasteiger partial charge in [-0.05, 0) is 39.4 Å². The van der Waals surface area contributed by atoms with E-state index in [1.807, 2.05) is 0 Å². The predicted molar refractivity (Wildman–Crippen MR) is 73.4 cm³/mol. The van der Waals surface area contributed by atoms with E-state index in [0.29, 0.717) is 12.0 Å². The quantitative estimate of drug-likeness (QED) is 0.890. The van der Waals surface area contributed by atoms with Gasteiger partial charge in [-0.2, -0.15) is 0 Å². The van der Waals surface area contributed by atoms with Crippen LogP contribution >= 0.6 is 0 Å². The number of nitrogens with zero attached hydrogens (tertiary/aromatic N) is 3. The molecule has 1 aliphatic heterocycles. The molecule has 5 heteroatoms. The molecule has 1 N–H and O–H groups in total. The molecule has 1 aromatic heterocycles. The molecule has 1 atom stereocenters. The van der Waals surface area contributed by atoms with Gasteiger partial charge in [-0.1, -0.05) is 0 Å². The van der Waals surface area contributed by atoms with Crippen LogP contribution in [0.4, 0.5) is 0 Å². The zero-order chi connectivity index (χ0) is 13.2. The van der Waals surface area contributed by atoms with Gasteiger partial charge in [-0.3, -0.25) is 4.90 Å². The summed E-state index contributed by atoms with van der Waals surface area (Å²) in [5.74, 6) is 1.36. The average Bonchev–Trinajstić information content (AvgIpc) is 3.25. The lowest BCUT2D eigenvalue weighted by atomic mass is 10.0. The maximum atomic E-state index is 5.50. The number of methoxy groups -OCH3 is 1. The van der Waals surface area contributed by atoms with Gasteiger partial charge in [0.25, 0.3) is 0 Å². The SMILES string of the molecule is COc1ncnc(C2CC2)c1C1CNCCCN1C. The van der Waals surface area contributed by atoms with Crippen molar-refractivity contribution in [3.8, 4) is 5.88 Å². The molecule has 5 nitrogen and oxygen atoms in total. The van der Waals surface area contributed by atoms with Crippen molar-refractivity contribution in [2.75, 3.05) is 33.8 Å². The molecule has 104 valence electrons. The van der Waals surface area contributed by atoms with Crippen molar-refractivity contribution in [3.63, 3.8) is 0 Å². The highest BCUT2D eigenvalue weighted by Gasteiger charge is 2.34. The van der Waals surface area contributed by atoms with E-state index in [1.165, 1.54) is 30.5 Å². The van der Waals surface area contributed by atoms with Gasteiger partial charge in [0.15, 0.2) is 0 Å². The van der Waals surface area contributed by atoms with Gasteiger partial charge in [0.2, 0.25) is 5.88 Å². The lowest BCUT2D eigenvalue weighted by molar-refractivity contribution is 0.250. The highest BCUT2D eigenvalue weighted by Crippen LogP contribution is 2.44. The zero-order valence-corrected chi connectivity index (χ0v) is 11.7. The van der Waals surface area contributed by atoms with E-state index in [4.69, 9.17) is 4.74 Å². The van der Waals surface area contributed by atoms with Crippen LogP contribution in [-0.2, 0) is 0 Å². The third-order valence-electron chi connectivity index (χ3n) is 4.10. The van der Waals surface area contributed by atoms with Gasteiger partial charge >= 0.3 is 0 Å². The lowest BCUT2D eigenvalue weighted by Gasteiger charge is -2.28. The largest absolute Gasteiger partial charge is 0.481 e. The standard InChI is InChI=1S/C14H22N4O/c1-18-7-3-6-15-8-11(18)12-13(10-4-5-10)16-9-17-14(12)19-2/h9-11,15H,3-8H2,1-2H3. The third kappa shape index (κ3) is 2.58. The van der Waals surface area contributed by atoms with Crippen LogP contribution in [-0.4, -0.2) is 48.7 Å². The maximum absolute atomic E-state index is 5.50. The van der Waals surface area contributed by atoms with Crippen LogP contribution < -0.4 is 10.1 Å². The Kier molecular flexibility index (Phi) is 3.66. The van der Waals surface area contributed by atoms with Crippen LogP contribution in [0.1, 0.15) is 42.5 Å². The van der Waals surface area contributed by atoms with E-state index in [1.54, 1.807) is 13.4 Å². The number of nitrogens with one attached hydrogen (secondary N) is 1. The average molecular weight is 262 g/mol. The van der Waals surface area contributed by atoms with E-state index >= 15 is 0 Å². The third-order valence-corrected chi connectivity index (χ3v) is 4.10. The van der Waals surface area contributed by atoms with Gasteiger partial charge < -0.3 is 10.1 Å². The summed E-state index contributed by atoms with van der Waals surface area (Å²) in [5.41, 5.74) is 2.40. The topological polar surface area (TPSA) is 50.3 Å². The Morgan fingerprint density at radius 1 is 1.37 bits per heavy atom. The molecule has 0 aromatic carbocycles. The van der Waals surface area contributed by atoms with Crippen molar-refractivity contribution in [1.29, 1.82) is 0 Å². The second-order valence-electron chi connectivity index (χ2n) is 5.51. The number of hydrogen-bond donors (Lipinski definition) is 1. The van der Waals surface area contributed by atoms with E-state index < -0.39 is 0 Å². The van der Waals surface area contributed by atoms with Crippen molar-refractivity contribution in [1.82, 2.24) is 20.2 Å². The fraction of sp³-hybridized carbons (Fsp3) is 0.714. The Morgan fingerprint density at radius 3 is 2.95 bits per heavy atom. The molecule has 0 bridgehead atoms. The second-order valence-corrected chi connectivity index (χ2v) is 5.51. The molecular formula is C14H22N4O. The van der Waals surface area contributed by atoms with Gasteiger partial charge in [0, 0.05) is 12.5 Å². The van der Waals surface area contributed by atoms with Crippen molar-refractivity contribution >= 4 is 0 Å². The van der Waals surface area contributed by atoms with Crippen LogP contribution in [0.5, 0.6) is 5.88 Å². The minimum Gasteiger partial charge on any atom is -0.481 e. The van der Waals surface area contributed by atoms with Crippen LogP contribution in [0.25, 0.3) is 0 Å². The number of aromatic nitrogens is 2. The smallest absolute Gasteiger partial charge is 0.221 e. The normalized spacial score (nSPS) is 25.1. The van der Waals surface area contributed by atoms with E-state index in [2.05, 4.69) is 27.2 Å². The van der Waals surface area contributed by atoms with Crippen LogP contribution in [0.15, 0.2) is 6.33 Å². The summed E-state index contributed by atoms with van der Waals surface area (Å²) in [6.45, 7) is 3.12. The molecule has 1 saturated heterocycles. The molecule has 2 aliphatic rings. The van der Waals surface area contributed by atoms with Crippen molar-refractivity contribution in [2.24, 2.45) is 0 Å². The first kappa shape index (κ1) is 12.8. The summed E-state index contributed by atoms with van der Waals surface area (Å²) < 4.78 is 5.50. The Morgan fingerprint density at radius 2 is 2.21 bits per heavy atom. The fourth-order valence-corrected chi connectivity index (χ4v) is 2.88. The summed E-state index contributed by atoms with van der Waals surface area (Å²) in [6, 6.07) is 0.314. The molecule has 0 amide bonds. The molecule has 1 saturated carbocycles. The molecule has 2 heterocycles. The number of likely N-dealkylation sites (N-methyl/N-ethyl adjacent to an activating group) is 1. The first-order valence-corrected chi connectivity index (χ1v) is 7.11. The first-order valence-electron chi connectivity index (χ1n) is 7.11. The Hall–Kier alpha value is -1.20. The Labute approximate surface area is 114 Å². The minimum atomic E-state index is 0.314. The van der Waals surface area contributed by atoms with Gasteiger partial charge in [0.05, 0.1) is 24.4 Å². The molecule has 1 aliphatic carbocycles. The van der Waals surface area contributed by atoms with Crippen LogP contribution in [0.2, 0.25) is 0 Å². The van der Waals surface area contributed by atoms with Gasteiger partial charge in [-0.25, -0.2) is 9.97 Å². The second kappa shape index (κ2) is 5.43. The lowest BCUT2D eigenvalue weighted by Crippen LogP contribution is -2.31. The molecular weight excluding hydrogens is 240 g/mol. The maximum Gasteiger partial charge on any atom is 0.221 e. The first-order chi connectivity index (χ1) is 9.31. The molecule has 1 unspecified atom stereocenters. The Bertz CT molecular complexity index is 447. The van der Waals surface area contributed by atoms with Crippen molar-refractivity contribution in [2.45, 2.75) is 31.2 Å². The van der Waals surface area contributed by atoms with Crippen molar-refractivity contribution in [3.05, 3.63) is 17.6 Å². The Balaban J connectivity index is 2.00. The van der Waals surface area contributed by atoms with Crippen LogP contribution in [0.3, 0.4) is 0 Å². The summed E-state index contributed by atoms with van der Waals surface area (Å²) in [4.78, 5) is 11.3. The summed E-state index contributed by atoms with van der Waals surface area (Å²) in [6.07, 6.45) is 5.32.